The number of nitrogens with one attached hydrogen (secondary N) is 2. The van der Waals surface area contributed by atoms with Gasteiger partial charge in [0.15, 0.2) is 0 Å². The summed E-state index contributed by atoms with van der Waals surface area (Å²) in [5.41, 5.74) is 0.487. The van der Waals surface area contributed by atoms with Crippen LogP contribution in [0.25, 0.3) is 0 Å². The van der Waals surface area contributed by atoms with Crippen LogP contribution in [0.1, 0.15) is 11.4 Å². The first-order valence-corrected chi connectivity index (χ1v) is 7.76. The van der Waals surface area contributed by atoms with Gasteiger partial charge in [-0.1, -0.05) is 17.7 Å². The third-order valence-corrected chi connectivity index (χ3v) is 4.52. The fourth-order valence-corrected chi connectivity index (χ4v) is 3.01. The molecule has 0 saturated carbocycles. The summed E-state index contributed by atoms with van der Waals surface area (Å²) in [6, 6.07) is 4.22. The van der Waals surface area contributed by atoms with Gasteiger partial charge in [0.05, 0.1) is 11.5 Å². The van der Waals surface area contributed by atoms with Gasteiger partial charge in [-0.3, -0.25) is 0 Å². The third-order valence-electron chi connectivity index (χ3n) is 2.71. The third kappa shape index (κ3) is 3.57. The number of aromatic nitrogens is 2. The molecule has 20 heavy (non-hydrogen) atoms. The molecule has 0 fully saturated rings. The number of sulfonamides is 1. The van der Waals surface area contributed by atoms with E-state index in [4.69, 9.17) is 16.7 Å². The molecule has 1 aromatic carbocycles. The quantitative estimate of drug-likeness (QED) is 0.743. The smallest absolute Gasteiger partial charge is 0.240 e. The largest absolute Gasteiger partial charge is 0.392 e. The highest BCUT2D eigenvalue weighted by atomic mass is 35.5. The Hall–Kier alpha value is -1.41. The molecular formula is C12H14ClN3O3S. The Balaban J connectivity index is 2.04. The molecule has 0 radical (unpaired) electrons. The molecule has 0 unspecified atom stereocenters. The summed E-state index contributed by atoms with van der Waals surface area (Å²) >= 11 is 5.88. The zero-order chi connectivity index (χ0) is 14.6. The number of aliphatic hydroxyl groups is 1. The molecule has 6 nitrogen and oxygen atoms in total. The summed E-state index contributed by atoms with van der Waals surface area (Å²) in [4.78, 5) is 6.97. The fourth-order valence-electron chi connectivity index (χ4n) is 1.65. The van der Waals surface area contributed by atoms with Gasteiger partial charge < -0.3 is 10.1 Å². The Kier molecular flexibility index (Phi) is 4.77. The van der Waals surface area contributed by atoms with Crippen LogP contribution in [0.15, 0.2) is 35.5 Å². The van der Waals surface area contributed by atoms with E-state index in [0.717, 1.165) is 0 Å². The maximum Gasteiger partial charge on any atom is 0.240 e. The number of H-pyrrole nitrogens is 1. The normalized spacial score (nSPS) is 11.7. The molecule has 0 atom stereocenters. The second-order valence-electron chi connectivity index (χ2n) is 4.09. The Labute approximate surface area is 121 Å². The molecule has 108 valence electrons. The zero-order valence-corrected chi connectivity index (χ0v) is 12.1. The molecule has 1 aromatic heterocycles. The van der Waals surface area contributed by atoms with E-state index in [1.54, 1.807) is 12.4 Å². The predicted octanol–water partition coefficient (Wildman–Crippen LogP) is 1.08. The van der Waals surface area contributed by atoms with Crippen LogP contribution in [0, 0.1) is 0 Å². The lowest BCUT2D eigenvalue weighted by atomic mass is 10.2. The lowest BCUT2D eigenvalue weighted by Crippen LogP contribution is -2.26. The summed E-state index contributed by atoms with van der Waals surface area (Å²) in [5.74, 6) is 0.710. The van der Waals surface area contributed by atoms with E-state index in [9.17, 15) is 8.42 Å². The van der Waals surface area contributed by atoms with Crippen LogP contribution in [0.3, 0.4) is 0 Å². The number of aromatic amines is 1. The topological polar surface area (TPSA) is 95.1 Å². The van der Waals surface area contributed by atoms with Crippen molar-refractivity contribution in [3.05, 3.63) is 47.0 Å². The van der Waals surface area contributed by atoms with E-state index in [2.05, 4.69) is 14.7 Å². The van der Waals surface area contributed by atoms with E-state index in [-0.39, 0.29) is 23.1 Å². The molecule has 8 heteroatoms. The number of rotatable bonds is 6. The molecular weight excluding hydrogens is 302 g/mol. The molecule has 0 aliphatic rings. The first-order chi connectivity index (χ1) is 9.53. The summed E-state index contributed by atoms with van der Waals surface area (Å²) in [6.45, 7) is 0.000298. The van der Waals surface area contributed by atoms with Crippen molar-refractivity contribution in [2.45, 2.75) is 17.9 Å². The number of imidazole rings is 1. The van der Waals surface area contributed by atoms with Crippen LogP contribution in [-0.4, -0.2) is 30.0 Å². The number of halogens is 1. The van der Waals surface area contributed by atoms with Gasteiger partial charge in [-0.25, -0.2) is 18.1 Å². The molecule has 1 heterocycles. The van der Waals surface area contributed by atoms with Crippen molar-refractivity contribution in [2.24, 2.45) is 0 Å². The highest BCUT2D eigenvalue weighted by Crippen LogP contribution is 2.20. The lowest BCUT2D eigenvalue weighted by molar-refractivity contribution is 0.282. The minimum absolute atomic E-state index is 0.0687. The molecule has 0 bridgehead atoms. The maximum atomic E-state index is 12.0. The summed E-state index contributed by atoms with van der Waals surface area (Å²) in [5, 5.41) is 9.22. The van der Waals surface area contributed by atoms with Crippen molar-refractivity contribution in [1.82, 2.24) is 14.7 Å². The summed E-state index contributed by atoms with van der Waals surface area (Å²) in [7, 11) is -3.62. The van der Waals surface area contributed by atoms with Crippen molar-refractivity contribution in [3.8, 4) is 0 Å². The average molecular weight is 316 g/mol. The number of nitrogens with zero attached hydrogens (tertiary/aromatic N) is 1. The van der Waals surface area contributed by atoms with Gasteiger partial charge in [0, 0.05) is 30.4 Å². The molecule has 3 N–H and O–H groups in total. The fraction of sp³-hybridized carbons (Fsp3) is 0.250. The number of hydrogen-bond donors (Lipinski definition) is 3. The minimum atomic E-state index is -3.62. The van der Waals surface area contributed by atoms with Crippen LogP contribution < -0.4 is 4.72 Å². The second-order valence-corrected chi connectivity index (χ2v) is 6.27. The standard InChI is InChI=1S/C12H14ClN3O3S/c13-11-7-10(2-1-9(11)8-17)20(18,19)16-4-3-12-14-5-6-15-12/h1-2,5-7,16-17H,3-4,8H2,(H,14,15). The Morgan fingerprint density at radius 1 is 1.40 bits per heavy atom. The van der Waals surface area contributed by atoms with E-state index in [1.165, 1.54) is 18.2 Å². The van der Waals surface area contributed by atoms with E-state index in [0.29, 0.717) is 17.8 Å². The van der Waals surface area contributed by atoms with Gasteiger partial charge in [0.25, 0.3) is 0 Å². The van der Waals surface area contributed by atoms with Gasteiger partial charge >= 0.3 is 0 Å². The van der Waals surface area contributed by atoms with E-state index < -0.39 is 10.0 Å². The Bertz CT molecular complexity index is 671. The van der Waals surface area contributed by atoms with E-state index in [1.807, 2.05) is 0 Å². The van der Waals surface area contributed by atoms with Crippen LogP contribution in [-0.2, 0) is 23.1 Å². The van der Waals surface area contributed by atoms with Crippen molar-refractivity contribution in [2.75, 3.05) is 6.54 Å². The summed E-state index contributed by atoms with van der Waals surface area (Å²) in [6.07, 6.45) is 3.75. The van der Waals surface area contributed by atoms with Gasteiger partial charge in [-0.15, -0.1) is 0 Å². The molecule has 2 rings (SSSR count). The van der Waals surface area contributed by atoms with Gasteiger partial charge in [-0.05, 0) is 17.7 Å². The number of hydrogen-bond acceptors (Lipinski definition) is 4. The first-order valence-electron chi connectivity index (χ1n) is 5.90. The van der Waals surface area contributed by atoms with Crippen molar-refractivity contribution < 1.29 is 13.5 Å². The maximum absolute atomic E-state index is 12.0. The summed E-state index contributed by atoms with van der Waals surface area (Å²) < 4.78 is 26.6. The second kappa shape index (κ2) is 6.36. The number of aliphatic hydroxyl groups excluding tert-OH is 1. The van der Waals surface area contributed by atoms with Gasteiger partial charge in [-0.2, -0.15) is 0 Å². The molecule has 0 saturated heterocycles. The molecule has 2 aromatic rings. The Morgan fingerprint density at radius 3 is 2.80 bits per heavy atom. The van der Waals surface area contributed by atoms with Crippen molar-refractivity contribution in [3.63, 3.8) is 0 Å². The zero-order valence-electron chi connectivity index (χ0n) is 10.5. The highest BCUT2D eigenvalue weighted by molar-refractivity contribution is 7.89. The van der Waals surface area contributed by atoms with E-state index >= 15 is 0 Å². The Morgan fingerprint density at radius 2 is 2.20 bits per heavy atom. The molecule has 0 amide bonds. The van der Waals surface area contributed by atoms with Crippen LogP contribution in [0.2, 0.25) is 5.02 Å². The monoisotopic (exact) mass is 315 g/mol. The SMILES string of the molecule is O=S(=O)(NCCc1ncc[nH]1)c1ccc(CO)c(Cl)c1. The lowest BCUT2D eigenvalue weighted by Gasteiger charge is -2.08. The molecule has 0 spiro atoms. The average Bonchev–Trinajstić information content (AvgIpc) is 2.91. The van der Waals surface area contributed by atoms with Crippen molar-refractivity contribution in [1.29, 1.82) is 0 Å². The van der Waals surface area contributed by atoms with Gasteiger partial charge in [0.2, 0.25) is 10.0 Å². The first kappa shape index (κ1) is 15.0. The van der Waals surface area contributed by atoms with Crippen LogP contribution in [0.5, 0.6) is 0 Å². The van der Waals surface area contributed by atoms with Crippen molar-refractivity contribution >= 4 is 21.6 Å². The van der Waals surface area contributed by atoms with Crippen LogP contribution in [0.4, 0.5) is 0 Å². The number of benzene rings is 1. The minimum Gasteiger partial charge on any atom is -0.392 e. The molecule has 0 aliphatic carbocycles. The molecule has 0 aliphatic heterocycles. The predicted molar refractivity (Wildman–Crippen MR) is 74.9 cm³/mol. The van der Waals surface area contributed by atoms with Gasteiger partial charge in [0.1, 0.15) is 5.82 Å². The highest BCUT2D eigenvalue weighted by Gasteiger charge is 2.15. The van der Waals surface area contributed by atoms with Crippen LogP contribution >= 0.6 is 11.6 Å².